The third kappa shape index (κ3) is 3.31. The molecule has 26 heavy (non-hydrogen) atoms. The van der Waals surface area contributed by atoms with Gasteiger partial charge in [0.15, 0.2) is 5.82 Å². The topological polar surface area (TPSA) is 70.9 Å². The molecule has 2 heterocycles. The number of nitrogens with zero attached hydrogens (tertiary/aromatic N) is 4. The highest BCUT2D eigenvalue weighted by molar-refractivity contribution is 5.85. The minimum Gasteiger partial charge on any atom is -0.323 e. The molecule has 0 radical (unpaired) electrons. The minimum absolute atomic E-state index is 0.618. The molecule has 4 rings (SSSR count). The summed E-state index contributed by atoms with van der Waals surface area (Å²) in [5.74, 6) is 2.09. The van der Waals surface area contributed by atoms with Crippen molar-refractivity contribution in [1.29, 1.82) is 0 Å². The van der Waals surface area contributed by atoms with Crippen LogP contribution in [0.25, 0.3) is 22.1 Å². The molecule has 0 bridgehead atoms. The molecule has 0 saturated heterocycles. The summed E-state index contributed by atoms with van der Waals surface area (Å²) in [7, 11) is 0. The second-order valence-electron chi connectivity index (χ2n) is 6.77. The van der Waals surface area contributed by atoms with Crippen LogP contribution in [0, 0.1) is 5.92 Å². The smallest absolute Gasteiger partial charge is 0.222 e. The van der Waals surface area contributed by atoms with E-state index in [0.29, 0.717) is 11.9 Å². The zero-order valence-electron chi connectivity index (χ0n) is 15.0. The highest BCUT2D eigenvalue weighted by Crippen LogP contribution is 2.17. The maximum absolute atomic E-state index is 4.71. The van der Waals surface area contributed by atoms with Gasteiger partial charge in [-0.05, 0) is 36.6 Å². The fourth-order valence-corrected chi connectivity index (χ4v) is 2.97. The number of nitrogens with one attached hydrogen (secondary N) is 2. The molecule has 0 aliphatic carbocycles. The largest absolute Gasteiger partial charge is 0.323 e. The number of imidazole rings is 2. The highest BCUT2D eigenvalue weighted by atomic mass is 15.4. The SMILES string of the molecule is CC(C)CCn1c(/C=N/Nc2nc3ccccc3[nH]2)nc2ccccc21. The van der Waals surface area contributed by atoms with E-state index >= 15 is 0 Å². The molecule has 2 N–H and O–H groups in total. The van der Waals surface area contributed by atoms with Gasteiger partial charge in [0.2, 0.25) is 5.95 Å². The van der Waals surface area contributed by atoms with Crippen LogP contribution < -0.4 is 5.43 Å². The molecule has 2 aromatic heterocycles. The molecule has 0 saturated carbocycles. The van der Waals surface area contributed by atoms with Crippen molar-refractivity contribution in [1.82, 2.24) is 19.5 Å². The van der Waals surface area contributed by atoms with Crippen molar-refractivity contribution in [2.75, 3.05) is 5.43 Å². The van der Waals surface area contributed by atoms with E-state index in [0.717, 1.165) is 40.9 Å². The second-order valence-corrected chi connectivity index (χ2v) is 6.77. The van der Waals surface area contributed by atoms with Gasteiger partial charge in [0.1, 0.15) is 0 Å². The number of hydrogen-bond acceptors (Lipinski definition) is 4. The van der Waals surface area contributed by atoms with Crippen molar-refractivity contribution in [3.8, 4) is 0 Å². The van der Waals surface area contributed by atoms with Crippen molar-refractivity contribution < 1.29 is 0 Å². The van der Waals surface area contributed by atoms with E-state index in [4.69, 9.17) is 4.98 Å². The Morgan fingerprint density at radius 2 is 1.85 bits per heavy atom. The van der Waals surface area contributed by atoms with E-state index in [-0.39, 0.29) is 0 Å². The van der Waals surface area contributed by atoms with Crippen molar-refractivity contribution in [3.05, 3.63) is 54.4 Å². The van der Waals surface area contributed by atoms with Crippen LogP contribution in [0.4, 0.5) is 5.95 Å². The first kappa shape index (κ1) is 16.3. The predicted molar refractivity (Wildman–Crippen MR) is 106 cm³/mol. The van der Waals surface area contributed by atoms with Crippen LogP contribution in [0.1, 0.15) is 26.1 Å². The van der Waals surface area contributed by atoms with Crippen LogP contribution >= 0.6 is 0 Å². The maximum atomic E-state index is 4.71. The van der Waals surface area contributed by atoms with E-state index in [2.05, 4.69) is 45.0 Å². The first-order chi connectivity index (χ1) is 12.7. The van der Waals surface area contributed by atoms with Crippen LogP contribution in [0.5, 0.6) is 0 Å². The van der Waals surface area contributed by atoms with Crippen LogP contribution in [-0.4, -0.2) is 25.7 Å². The summed E-state index contributed by atoms with van der Waals surface area (Å²) in [6.45, 7) is 5.39. The fourth-order valence-electron chi connectivity index (χ4n) is 2.97. The van der Waals surface area contributed by atoms with Gasteiger partial charge in [-0.25, -0.2) is 15.4 Å². The first-order valence-corrected chi connectivity index (χ1v) is 8.90. The van der Waals surface area contributed by atoms with Gasteiger partial charge < -0.3 is 9.55 Å². The van der Waals surface area contributed by atoms with Gasteiger partial charge in [-0.15, -0.1) is 0 Å². The number of hydrazone groups is 1. The number of H-pyrrole nitrogens is 1. The Kier molecular flexibility index (Phi) is 4.39. The molecule has 2 aromatic carbocycles. The average Bonchev–Trinajstić information content (AvgIpc) is 3.20. The number of hydrogen-bond donors (Lipinski definition) is 2. The molecule has 0 aliphatic heterocycles. The average molecular weight is 346 g/mol. The zero-order chi connectivity index (χ0) is 17.9. The summed E-state index contributed by atoms with van der Waals surface area (Å²) in [4.78, 5) is 12.4. The summed E-state index contributed by atoms with van der Waals surface area (Å²) in [6.07, 6.45) is 2.85. The van der Waals surface area contributed by atoms with Crippen LogP contribution in [0.3, 0.4) is 0 Å². The quantitative estimate of drug-likeness (QED) is 0.401. The molecule has 132 valence electrons. The van der Waals surface area contributed by atoms with Gasteiger partial charge >= 0.3 is 0 Å². The summed E-state index contributed by atoms with van der Waals surface area (Å²) < 4.78 is 2.22. The Morgan fingerprint density at radius 3 is 2.65 bits per heavy atom. The Balaban J connectivity index is 1.59. The van der Waals surface area contributed by atoms with E-state index in [1.54, 1.807) is 6.21 Å². The molecular formula is C20H22N6. The Morgan fingerprint density at radius 1 is 1.08 bits per heavy atom. The third-order valence-corrected chi connectivity index (χ3v) is 4.35. The molecule has 0 amide bonds. The number of fused-ring (bicyclic) bond motifs is 2. The number of para-hydroxylation sites is 4. The number of benzene rings is 2. The van der Waals surface area contributed by atoms with Gasteiger partial charge in [0.25, 0.3) is 0 Å². The predicted octanol–water partition coefficient (Wildman–Crippen LogP) is 4.40. The lowest BCUT2D eigenvalue weighted by molar-refractivity contribution is 0.521. The van der Waals surface area contributed by atoms with Crippen molar-refractivity contribution in [2.45, 2.75) is 26.8 Å². The van der Waals surface area contributed by atoms with Gasteiger partial charge in [-0.3, -0.25) is 0 Å². The van der Waals surface area contributed by atoms with E-state index in [1.807, 2.05) is 42.5 Å². The maximum Gasteiger partial charge on any atom is 0.222 e. The van der Waals surface area contributed by atoms with E-state index < -0.39 is 0 Å². The first-order valence-electron chi connectivity index (χ1n) is 8.90. The van der Waals surface area contributed by atoms with Gasteiger partial charge in [-0.2, -0.15) is 5.10 Å². The second kappa shape index (κ2) is 7.00. The minimum atomic E-state index is 0.618. The normalized spacial score (nSPS) is 12.0. The number of aryl methyl sites for hydroxylation is 1. The lowest BCUT2D eigenvalue weighted by atomic mass is 10.1. The summed E-state index contributed by atoms with van der Waals surface area (Å²) in [5, 5.41) is 4.34. The van der Waals surface area contributed by atoms with Crippen molar-refractivity contribution in [2.24, 2.45) is 11.0 Å². The Hall–Kier alpha value is -3.15. The lowest BCUT2D eigenvalue weighted by Crippen LogP contribution is -2.06. The standard InChI is InChI=1S/C20H22N6/c1-14(2)11-12-26-18-10-6-5-9-17(18)22-19(26)13-21-25-20-23-15-7-3-4-8-16(15)24-20/h3-10,13-14H,11-12H2,1-2H3,(H2,23,24,25)/b21-13+. The van der Waals surface area contributed by atoms with Gasteiger partial charge in [0, 0.05) is 6.54 Å². The molecule has 0 spiro atoms. The molecule has 4 aromatic rings. The van der Waals surface area contributed by atoms with E-state index in [1.165, 1.54) is 0 Å². The lowest BCUT2D eigenvalue weighted by Gasteiger charge is -2.08. The molecule has 0 unspecified atom stereocenters. The van der Waals surface area contributed by atoms with Gasteiger partial charge in [0.05, 0.1) is 28.3 Å². The summed E-state index contributed by atoms with van der Waals surface area (Å²) in [6, 6.07) is 16.1. The highest BCUT2D eigenvalue weighted by Gasteiger charge is 2.09. The molecule has 0 atom stereocenters. The number of aromatic nitrogens is 4. The van der Waals surface area contributed by atoms with Crippen molar-refractivity contribution in [3.63, 3.8) is 0 Å². The molecular weight excluding hydrogens is 324 g/mol. The van der Waals surface area contributed by atoms with Gasteiger partial charge in [-0.1, -0.05) is 38.1 Å². The van der Waals surface area contributed by atoms with E-state index in [9.17, 15) is 0 Å². The molecule has 6 heteroatoms. The van der Waals surface area contributed by atoms with Crippen LogP contribution in [0.2, 0.25) is 0 Å². The molecule has 0 aliphatic rings. The van der Waals surface area contributed by atoms with Crippen LogP contribution in [0.15, 0.2) is 53.6 Å². The monoisotopic (exact) mass is 346 g/mol. The van der Waals surface area contributed by atoms with Crippen molar-refractivity contribution >= 4 is 34.2 Å². The summed E-state index contributed by atoms with van der Waals surface area (Å²) in [5.41, 5.74) is 6.99. The molecule has 6 nitrogen and oxygen atoms in total. The number of rotatable bonds is 6. The zero-order valence-corrected chi connectivity index (χ0v) is 15.0. The Bertz CT molecular complexity index is 1020. The number of aromatic amines is 1. The third-order valence-electron chi connectivity index (χ3n) is 4.35. The Labute approximate surface area is 152 Å². The summed E-state index contributed by atoms with van der Waals surface area (Å²) >= 11 is 0. The van der Waals surface area contributed by atoms with Crippen LogP contribution in [-0.2, 0) is 6.54 Å². The number of anilines is 1. The fraction of sp³-hybridized carbons (Fsp3) is 0.250. The molecule has 0 fully saturated rings.